The lowest BCUT2D eigenvalue weighted by molar-refractivity contribution is 0.0979. The zero-order valence-corrected chi connectivity index (χ0v) is 18.5. The lowest BCUT2D eigenvalue weighted by Gasteiger charge is -2.16. The maximum Gasteiger partial charge on any atom is 0.295 e. The average Bonchev–Trinajstić information content (AvgIpc) is 2.85. The Morgan fingerprint density at radius 1 is 0.588 bits per heavy atom. The number of ketones is 2. The van der Waals surface area contributed by atoms with E-state index in [2.05, 4.69) is 4.98 Å². The number of hydrogen-bond acceptors (Lipinski definition) is 5. The molecule has 0 saturated heterocycles. The zero-order chi connectivity index (χ0) is 23.9. The van der Waals surface area contributed by atoms with Gasteiger partial charge in [-0.15, -0.1) is 0 Å². The van der Waals surface area contributed by atoms with Gasteiger partial charge in [0.1, 0.15) is 4.90 Å². The van der Waals surface area contributed by atoms with Gasteiger partial charge in [0.2, 0.25) is 0 Å². The summed E-state index contributed by atoms with van der Waals surface area (Å²) < 4.78 is 31.8. The average molecular weight is 468 g/mol. The highest BCUT2D eigenvalue weighted by Crippen LogP contribution is 2.27. The molecule has 0 bridgehead atoms. The number of nitrogens with zero attached hydrogens (tertiary/aromatic N) is 1. The molecule has 7 heteroatoms. The maximum atomic E-state index is 12.1. The first-order valence-corrected chi connectivity index (χ1v) is 11.8. The van der Waals surface area contributed by atoms with Crippen LogP contribution >= 0.6 is 0 Å². The number of para-hydroxylation sites is 1. The van der Waals surface area contributed by atoms with Gasteiger partial charge >= 0.3 is 0 Å². The van der Waals surface area contributed by atoms with Gasteiger partial charge in [-0.1, -0.05) is 72.8 Å². The van der Waals surface area contributed by atoms with Gasteiger partial charge in [0, 0.05) is 33.0 Å². The van der Waals surface area contributed by atoms with Gasteiger partial charge in [-0.05, 0) is 24.3 Å². The van der Waals surface area contributed by atoms with E-state index in [0.29, 0.717) is 33.2 Å². The molecule has 1 N–H and O–H groups in total. The number of aromatic nitrogens is 1. The predicted molar refractivity (Wildman–Crippen MR) is 129 cm³/mol. The van der Waals surface area contributed by atoms with Crippen LogP contribution in [-0.2, 0) is 10.1 Å². The van der Waals surface area contributed by atoms with E-state index in [1.807, 2.05) is 24.3 Å². The number of hydrogen-bond donors (Lipinski definition) is 1. The second-order valence-corrected chi connectivity index (χ2v) is 9.12. The smallest absolute Gasteiger partial charge is 0.289 e. The van der Waals surface area contributed by atoms with Crippen LogP contribution in [0.2, 0.25) is 0 Å². The van der Waals surface area contributed by atoms with Crippen LogP contribution in [0.4, 0.5) is 0 Å². The molecule has 4 aromatic carbocycles. The summed E-state index contributed by atoms with van der Waals surface area (Å²) >= 11 is 0. The van der Waals surface area contributed by atoms with Crippen LogP contribution in [0.15, 0.2) is 102 Å². The fourth-order valence-electron chi connectivity index (χ4n) is 4.05. The van der Waals surface area contributed by atoms with Crippen molar-refractivity contribution in [2.45, 2.75) is 4.90 Å². The number of rotatable bonds is 1. The van der Waals surface area contributed by atoms with Crippen molar-refractivity contribution in [3.63, 3.8) is 0 Å². The molecule has 0 radical (unpaired) electrons. The summed E-state index contributed by atoms with van der Waals surface area (Å²) in [6.07, 6.45) is 0. The van der Waals surface area contributed by atoms with E-state index < -0.39 is 10.1 Å². The molecule has 166 valence electrons. The van der Waals surface area contributed by atoms with Crippen LogP contribution in [0.1, 0.15) is 31.8 Å². The van der Waals surface area contributed by atoms with Crippen LogP contribution in [0, 0.1) is 0 Å². The van der Waals surface area contributed by atoms with E-state index in [1.165, 1.54) is 6.07 Å². The van der Waals surface area contributed by atoms with E-state index >= 15 is 0 Å². The molecule has 6 rings (SSSR count). The lowest BCUT2D eigenvalue weighted by Crippen LogP contribution is -2.20. The minimum atomic E-state index is -4.24. The summed E-state index contributed by atoms with van der Waals surface area (Å²) in [5, 5.41) is 1.26. The normalized spacial score (nSPS) is 12.6. The van der Waals surface area contributed by atoms with Gasteiger partial charge < -0.3 is 0 Å². The van der Waals surface area contributed by atoms with Gasteiger partial charge in [-0.25, -0.2) is 4.98 Å². The van der Waals surface area contributed by atoms with Crippen LogP contribution in [0.5, 0.6) is 0 Å². The second-order valence-electron chi connectivity index (χ2n) is 7.73. The van der Waals surface area contributed by atoms with Crippen molar-refractivity contribution < 1.29 is 22.6 Å². The zero-order valence-electron chi connectivity index (χ0n) is 17.7. The highest BCUT2D eigenvalue weighted by Gasteiger charge is 2.28. The van der Waals surface area contributed by atoms with Crippen molar-refractivity contribution in [2.24, 2.45) is 0 Å². The quantitative estimate of drug-likeness (QED) is 0.267. The van der Waals surface area contributed by atoms with Crippen molar-refractivity contribution in [1.29, 1.82) is 0 Å². The third kappa shape index (κ3) is 3.77. The Balaban J connectivity index is 0.000000142. The van der Waals surface area contributed by atoms with E-state index in [1.54, 1.807) is 66.7 Å². The summed E-state index contributed by atoms with van der Waals surface area (Å²) in [5.74, 6) is -0.128. The fraction of sp³-hybridized carbons (Fsp3) is 0. The monoisotopic (exact) mass is 467 g/mol. The molecule has 0 saturated carbocycles. The van der Waals surface area contributed by atoms with Crippen molar-refractivity contribution in [2.75, 3.05) is 0 Å². The lowest BCUT2D eigenvalue weighted by atomic mass is 9.84. The van der Waals surface area contributed by atoms with E-state index in [0.717, 1.165) is 10.9 Å². The highest BCUT2D eigenvalue weighted by molar-refractivity contribution is 7.86. The summed E-state index contributed by atoms with van der Waals surface area (Å²) in [4.78, 5) is 28.5. The van der Waals surface area contributed by atoms with Crippen molar-refractivity contribution >= 4 is 43.5 Å². The Kier molecular flexibility index (Phi) is 5.28. The van der Waals surface area contributed by atoms with Gasteiger partial charge in [0.15, 0.2) is 11.6 Å². The number of fused-ring (bicyclic) bond motifs is 4. The van der Waals surface area contributed by atoms with E-state index in [-0.39, 0.29) is 16.5 Å². The van der Waals surface area contributed by atoms with Crippen LogP contribution in [0.3, 0.4) is 0 Å². The van der Waals surface area contributed by atoms with Gasteiger partial charge in [-0.2, -0.15) is 8.42 Å². The molecule has 34 heavy (non-hydrogen) atoms. The predicted octanol–water partition coefficient (Wildman–Crippen LogP) is 5.10. The fourth-order valence-corrected chi connectivity index (χ4v) is 4.74. The molecule has 5 aromatic rings. The SMILES string of the molecule is O=C1c2ccccc2C(=O)c2ccccc21.O=S(=O)(O)c1cccc2nc3ccccc3cc12. The third-order valence-electron chi connectivity index (χ3n) is 5.63. The molecule has 0 unspecified atom stereocenters. The van der Waals surface area contributed by atoms with Crippen molar-refractivity contribution in [1.82, 2.24) is 4.98 Å². The van der Waals surface area contributed by atoms with Crippen LogP contribution in [0.25, 0.3) is 21.8 Å². The Labute approximate surface area is 195 Å². The molecular formula is C27H17NO5S. The third-order valence-corrected chi connectivity index (χ3v) is 6.54. The Bertz CT molecular complexity index is 1620. The molecular weight excluding hydrogens is 450 g/mol. The molecule has 1 heterocycles. The van der Waals surface area contributed by atoms with Crippen molar-refractivity contribution in [3.8, 4) is 0 Å². The molecule has 1 aliphatic rings. The maximum absolute atomic E-state index is 12.1. The summed E-state index contributed by atoms with van der Waals surface area (Å²) in [6, 6.07) is 27.7. The Morgan fingerprint density at radius 3 is 1.59 bits per heavy atom. The molecule has 0 fully saturated rings. The first-order chi connectivity index (χ1) is 16.3. The van der Waals surface area contributed by atoms with Crippen LogP contribution in [-0.4, -0.2) is 29.5 Å². The first-order valence-electron chi connectivity index (χ1n) is 10.4. The first kappa shape index (κ1) is 21.6. The molecule has 0 amide bonds. The molecule has 0 aliphatic heterocycles. The number of benzene rings is 4. The molecule has 1 aliphatic carbocycles. The van der Waals surface area contributed by atoms with Gasteiger partial charge in [-0.3, -0.25) is 14.1 Å². The molecule has 0 atom stereocenters. The Hall–Kier alpha value is -4.20. The van der Waals surface area contributed by atoms with Gasteiger partial charge in [0.05, 0.1) is 11.0 Å². The number of pyridine rings is 1. The molecule has 0 spiro atoms. The highest BCUT2D eigenvalue weighted by atomic mass is 32.2. The van der Waals surface area contributed by atoms with E-state index in [9.17, 15) is 22.6 Å². The van der Waals surface area contributed by atoms with Crippen LogP contribution < -0.4 is 0 Å². The number of carbonyl (C=O) groups excluding carboxylic acids is 2. The molecule has 1 aromatic heterocycles. The standard InChI is InChI=1S/C14H8O2.C13H9NO3S/c15-13-9-5-1-2-6-10(9)14(16)12-8-4-3-7-11(12)13;15-18(16,17)13-7-3-6-12-10(13)8-9-4-1-2-5-11(9)14-12/h1-8H;1-8H,(H,15,16,17). The minimum Gasteiger partial charge on any atom is -0.289 e. The second kappa shape index (κ2) is 8.30. The molecule has 6 nitrogen and oxygen atoms in total. The number of carbonyl (C=O) groups is 2. The van der Waals surface area contributed by atoms with Crippen molar-refractivity contribution in [3.05, 3.63) is 119 Å². The Morgan fingerprint density at radius 2 is 1.06 bits per heavy atom. The topological polar surface area (TPSA) is 101 Å². The summed E-state index contributed by atoms with van der Waals surface area (Å²) in [7, 11) is -4.24. The van der Waals surface area contributed by atoms with Gasteiger partial charge in [0.25, 0.3) is 10.1 Å². The minimum absolute atomic E-state index is 0.0641. The van der Waals surface area contributed by atoms with E-state index in [4.69, 9.17) is 0 Å². The summed E-state index contributed by atoms with van der Waals surface area (Å²) in [6.45, 7) is 0. The summed E-state index contributed by atoms with van der Waals surface area (Å²) in [5.41, 5.74) is 3.36. The largest absolute Gasteiger partial charge is 0.295 e.